The first kappa shape index (κ1) is 23.0. The Kier molecular flexibility index (Phi) is 6.21. The van der Waals surface area contributed by atoms with Gasteiger partial charge in [-0.3, -0.25) is 9.69 Å². The fourth-order valence-corrected chi connectivity index (χ4v) is 4.32. The summed E-state index contributed by atoms with van der Waals surface area (Å²) in [4.78, 5) is 24.4. The van der Waals surface area contributed by atoms with E-state index in [-0.39, 0.29) is 5.91 Å². The molecule has 0 radical (unpaired) electrons. The Morgan fingerprint density at radius 3 is 2.51 bits per heavy atom. The van der Waals surface area contributed by atoms with Gasteiger partial charge in [0.15, 0.2) is 0 Å². The predicted molar refractivity (Wildman–Crippen MR) is 129 cm³/mol. The minimum absolute atomic E-state index is 0.319. The van der Waals surface area contributed by atoms with Crippen molar-refractivity contribution in [2.24, 2.45) is 0 Å². The number of hydrogen-bond acceptors (Lipinski definition) is 4. The van der Waals surface area contributed by atoms with Gasteiger partial charge in [-0.25, -0.2) is 9.97 Å². The van der Waals surface area contributed by atoms with E-state index in [0.717, 1.165) is 37.3 Å². The smallest absolute Gasteiger partial charge is 0.306 e. The van der Waals surface area contributed by atoms with Crippen molar-refractivity contribution < 1.29 is 18.0 Å². The van der Waals surface area contributed by atoms with Gasteiger partial charge in [0.1, 0.15) is 5.82 Å². The Labute approximate surface area is 200 Å². The number of para-hydroxylation sites is 1. The van der Waals surface area contributed by atoms with Crippen molar-refractivity contribution in [1.29, 1.82) is 0 Å². The Hall–Kier alpha value is -3.78. The molecule has 8 heteroatoms. The molecule has 1 N–H and O–H groups in total. The number of alkyl halides is 3. The van der Waals surface area contributed by atoms with Crippen LogP contribution >= 0.6 is 0 Å². The van der Waals surface area contributed by atoms with Crippen molar-refractivity contribution in [1.82, 2.24) is 14.9 Å². The molecule has 35 heavy (non-hydrogen) atoms. The van der Waals surface area contributed by atoms with Crippen LogP contribution in [0.4, 0.5) is 19.0 Å². The van der Waals surface area contributed by atoms with Crippen LogP contribution in [0.5, 0.6) is 0 Å². The number of nitrogens with one attached hydrogen (secondary N) is 1. The molecule has 5 rings (SSSR count). The average Bonchev–Trinajstić information content (AvgIpc) is 3.37. The lowest BCUT2D eigenvalue weighted by molar-refractivity contribution is -0.137. The second kappa shape index (κ2) is 9.46. The van der Waals surface area contributed by atoms with Gasteiger partial charge in [-0.2, -0.15) is 13.2 Å². The summed E-state index contributed by atoms with van der Waals surface area (Å²) in [7, 11) is 0. The Balaban J connectivity index is 1.39. The van der Waals surface area contributed by atoms with E-state index in [1.807, 2.05) is 6.07 Å². The van der Waals surface area contributed by atoms with Crippen molar-refractivity contribution in [3.8, 4) is 11.3 Å². The number of carbonyl (C=O) groups excluding carboxylic acids is 1. The minimum atomic E-state index is -4.45. The number of aromatic nitrogens is 2. The molecule has 0 aliphatic carbocycles. The summed E-state index contributed by atoms with van der Waals surface area (Å²) in [5.41, 5.74) is 1.75. The van der Waals surface area contributed by atoms with E-state index in [2.05, 4.69) is 20.2 Å². The number of likely N-dealkylation sites (tertiary alicyclic amines) is 1. The van der Waals surface area contributed by atoms with Crippen LogP contribution in [-0.4, -0.2) is 33.9 Å². The molecule has 4 aromatic rings. The molecule has 3 heterocycles. The molecule has 2 aromatic heterocycles. The summed E-state index contributed by atoms with van der Waals surface area (Å²) in [5.74, 6) is 0.0373. The summed E-state index contributed by atoms with van der Waals surface area (Å²) in [6.45, 7) is 3.02. The summed E-state index contributed by atoms with van der Waals surface area (Å²) in [5, 5.41) is 3.52. The van der Waals surface area contributed by atoms with Gasteiger partial charge < -0.3 is 5.32 Å². The zero-order valence-corrected chi connectivity index (χ0v) is 18.8. The molecule has 5 nitrogen and oxygen atoms in total. The van der Waals surface area contributed by atoms with Crippen LogP contribution < -0.4 is 5.32 Å². The molecule has 0 spiro atoms. The molecule has 0 bridgehead atoms. The van der Waals surface area contributed by atoms with E-state index < -0.39 is 11.7 Å². The zero-order chi connectivity index (χ0) is 24.4. The normalized spacial score (nSPS) is 14.4. The molecule has 2 aromatic carbocycles. The van der Waals surface area contributed by atoms with Gasteiger partial charge in [-0.1, -0.05) is 36.4 Å². The lowest BCUT2D eigenvalue weighted by atomic mass is 10.0. The molecule has 0 saturated carbocycles. The van der Waals surface area contributed by atoms with Crippen molar-refractivity contribution in [3.05, 3.63) is 89.6 Å². The van der Waals surface area contributed by atoms with E-state index in [1.54, 1.807) is 48.7 Å². The first-order valence-corrected chi connectivity index (χ1v) is 11.4. The van der Waals surface area contributed by atoms with Crippen LogP contribution in [0.3, 0.4) is 0 Å². The number of benzene rings is 2. The van der Waals surface area contributed by atoms with Crippen molar-refractivity contribution in [3.63, 3.8) is 0 Å². The summed E-state index contributed by atoms with van der Waals surface area (Å²) < 4.78 is 39.5. The summed E-state index contributed by atoms with van der Waals surface area (Å²) in [6, 6.07) is 17.3. The van der Waals surface area contributed by atoms with Crippen molar-refractivity contribution in [2.75, 3.05) is 18.4 Å². The summed E-state index contributed by atoms with van der Waals surface area (Å²) >= 11 is 0. The molecular formula is C27H23F3N4O. The number of anilines is 1. The number of nitrogens with zero attached hydrogens (tertiary/aromatic N) is 3. The fourth-order valence-electron chi connectivity index (χ4n) is 4.32. The number of amides is 1. The van der Waals surface area contributed by atoms with Crippen LogP contribution in [0.15, 0.2) is 72.9 Å². The molecule has 1 aliphatic heterocycles. The van der Waals surface area contributed by atoms with Crippen LogP contribution in [0.25, 0.3) is 22.2 Å². The third-order valence-electron chi connectivity index (χ3n) is 6.12. The predicted octanol–water partition coefficient (Wildman–Crippen LogP) is 6.16. The highest BCUT2D eigenvalue weighted by atomic mass is 19.4. The molecule has 1 amide bonds. The zero-order valence-electron chi connectivity index (χ0n) is 18.8. The van der Waals surface area contributed by atoms with Crippen LogP contribution in [0.2, 0.25) is 0 Å². The van der Waals surface area contributed by atoms with Gasteiger partial charge in [0, 0.05) is 23.7 Å². The molecule has 0 unspecified atom stereocenters. The van der Waals surface area contributed by atoms with Gasteiger partial charge >= 0.3 is 6.18 Å². The van der Waals surface area contributed by atoms with E-state index >= 15 is 0 Å². The third kappa shape index (κ3) is 5.17. The van der Waals surface area contributed by atoms with E-state index in [0.29, 0.717) is 33.5 Å². The maximum atomic E-state index is 13.2. The number of halogens is 3. The Bertz CT molecular complexity index is 1360. The second-order valence-electron chi connectivity index (χ2n) is 8.64. The van der Waals surface area contributed by atoms with Gasteiger partial charge in [-0.15, -0.1) is 0 Å². The second-order valence-corrected chi connectivity index (χ2v) is 8.64. The summed E-state index contributed by atoms with van der Waals surface area (Å²) in [6.07, 6.45) is -0.248. The highest BCUT2D eigenvalue weighted by Gasteiger charge is 2.30. The first-order chi connectivity index (χ1) is 16.9. The standard InChI is InChI=1S/C27H23F3N4O/c28-27(29,30)21-7-3-6-20(15-21)23-11-10-19-5-4-8-22(25(19)32-23)26(35)33-24-12-9-18(16-31-24)17-34-13-1-2-14-34/h3-12,15-16H,1-2,13-14,17H2,(H,31,33,35). The van der Waals surface area contributed by atoms with E-state index in [1.165, 1.54) is 18.9 Å². The van der Waals surface area contributed by atoms with Gasteiger partial charge in [-0.05, 0) is 61.8 Å². The monoisotopic (exact) mass is 476 g/mol. The molecular weight excluding hydrogens is 453 g/mol. The molecule has 0 atom stereocenters. The largest absolute Gasteiger partial charge is 0.416 e. The maximum absolute atomic E-state index is 13.2. The highest BCUT2D eigenvalue weighted by molar-refractivity contribution is 6.11. The van der Waals surface area contributed by atoms with Crippen molar-refractivity contribution in [2.45, 2.75) is 25.6 Å². The number of hydrogen-bond donors (Lipinski definition) is 1. The molecule has 1 aliphatic rings. The number of fused-ring (bicyclic) bond motifs is 1. The number of rotatable bonds is 5. The highest BCUT2D eigenvalue weighted by Crippen LogP contribution is 2.32. The SMILES string of the molecule is O=C(Nc1ccc(CN2CCCC2)cn1)c1cccc2ccc(-c3cccc(C(F)(F)F)c3)nc12. The van der Waals surface area contributed by atoms with Crippen LogP contribution in [0, 0.1) is 0 Å². The third-order valence-corrected chi connectivity index (χ3v) is 6.12. The Morgan fingerprint density at radius 2 is 1.77 bits per heavy atom. The quantitative estimate of drug-likeness (QED) is 0.375. The van der Waals surface area contributed by atoms with E-state index in [9.17, 15) is 18.0 Å². The molecule has 1 fully saturated rings. The topological polar surface area (TPSA) is 58.1 Å². The Morgan fingerprint density at radius 1 is 0.971 bits per heavy atom. The lowest BCUT2D eigenvalue weighted by Gasteiger charge is -2.14. The number of carbonyl (C=O) groups is 1. The van der Waals surface area contributed by atoms with E-state index in [4.69, 9.17) is 0 Å². The maximum Gasteiger partial charge on any atom is 0.416 e. The lowest BCUT2D eigenvalue weighted by Crippen LogP contribution is -2.18. The van der Waals surface area contributed by atoms with Gasteiger partial charge in [0.25, 0.3) is 5.91 Å². The van der Waals surface area contributed by atoms with Crippen LogP contribution in [-0.2, 0) is 12.7 Å². The van der Waals surface area contributed by atoms with Crippen LogP contribution in [0.1, 0.15) is 34.3 Å². The minimum Gasteiger partial charge on any atom is -0.306 e. The fraction of sp³-hybridized carbons (Fsp3) is 0.222. The van der Waals surface area contributed by atoms with Crippen molar-refractivity contribution >= 4 is 22.6 Å². The van der Waals surface area contributed by atoms with Gasteiger partial charge in [0.05, 0.1) is 22.3 Å². The average molecular weight is 477 g/mol. The molecule has 178 valence electrons. The first-order valence-electron chi connectivity index (χ1n) is 11.4. The number of pyridine rings is 2. The van der Waals surface area contributed by atoms with Gasteiger partial charge in [0.2, 0.25) is 0 Å². The molecule has 1 saturated heterocycles.